The predicted octanol–water partition coefficient (Wildman–Crippen LogP) is 3.02. The Balaban J connectivity index is 1.70. The Hall–Kier alpha value is -2.96. The number of nitrogens with one attached hydrogen (secondary N) is 1. The molecule has 136 valence electrons. The fraction of sp³-hybridized carbons (Fsp3) is 0.368. The molecule has 1 N–H and O–H groups in total. The van der Waals surface area contributed by atoms with Gasteiger partial charge in [-0.15, -0.1) is 0 Å². The summed E-state index contributed by atoms with van der Waals surface area (Å²) in [6, 6.07) is 8.49. The van der Waals surface area contributed by atoms with Crippen molar-refractivity contribution < 1.29 is 14.3 Å². The van der Waals surface area contributed by atoms with Crippen molar-refractivity contribution in [2.45, 2.75) is 25.7 Å². The zero-order valence-corrected chi connectivity index (χ0v) is 14.8. The molecule has 0 radical (unpaired) electrons. The van der Waals surface area contributed by atoms with Crippen LogP contribution in [-0.2, 0) is 4.74 Å². The molecule has 1 aromatic heterocycles. The lowest BCUT2D eigenvalue weighted by Crippen LogP contribution is -2.32. The van der Waals surface area contributed by atoms with E-state index in [0.29, 0.717) is 17.1 Å². The Morgan fingerprint density at radius 2 is 1.73 bits per heavy atom. The number of ether oxygens (including phenoxy) is 1. The molecule has 0 bridgehead atoms. The van der Waals surface area contributed by atoms with Gasteiger partial charge in [0.1, 0.15) is 17.8 Å². The number of carbonyl (C=O) groups is 2. The monoisotopic (exact) mass is 354 g/mol. The number of nitrogens with zero attached hydrogens (tertiary/aromatic N) is 3. The molecule has 2 aromatic rings. The zero-order valence-electron chi connectivity index (χ0n) is 14.8. The summed E-state index contributed by atoms with van der Waals surface area (Å²) in [6.45, 7) is 1.56. The second kappa shape index (κ2) is 8.42. The van der Waals surface area contributed by atoms with Crippen molar-refractivity contribution in [3.8, 4) is 0 Å². The van der Waals surface area contributed by atoms with Crippen molar-refractivity contribution in [3.05, 3.63) is 47.9 Å². The molecule has 0 aliphatic carbocycles. The molecule has 2 heterocycles. The number of likely N-dealkylation sites (tertiary alicyclic amines) is 1. The molecule has 0 spiro atoms. The van der Waals surface area contributed by atoms with Crippen LogP contribution >= 0.6 is 0 Å². The molecular weight excluding hydrogens is 332 g/mol. The molecule has 1 aliphatic rings. The highest BCUT2D eigenvalue weighted by Gasteiger charge is 2.19. The van der Waals surface area contributed by atoms with Crippen molar-refractivity contribution in [1.82, 2.24) is 14.9 Å². The Morgan fingerprint density at radius 3 is 2.38 bits per heavy atom. The molecule has 0 unspecified atom stereocenters. The lowest BCUT2D eigenvalue weighted by atomic mass is 10.2. The number of amides is 1. The highest BCUT2D eigenvalue weighted by atomic mass is 16.5. The van der Waals surface area contributed by atoms with Crippen LogP contribution in [0.5, 0.6) is 0 Å². The molecular formula is C19H22N4O3. The van der Waals surface area contributed by atoms with Gasteiger partial charge in [0, 0.05) is 24.8 Å². The van der Waals surface area contributed by atoms with Gasteiger partial charge in [-0.2, -0.15) is 0 Å². The van der Waals surface area contributed by atoms with Crippen molar-refractivity contribution in [1.29, 1.82) is 0 Å². The third-order valence-electron chi connectivity index (χ3n) is 4.36. The van der Waals surface area contributed by atoms with E-state index in [2.05, 4.69) is 20.0 Å². The van der Waals surface area contributed by atoms with E-state index in [1.165, 1.54) is 26.3 Å². The molecule has 26 heavy (non-hydrogen) atoms. The number of hydrogen-bond acceptors (Lipinski definition) is 6. The maximum absolute atomic E-state index is 12.7. The molecule has 1 amide bonds. The number of carbonyl (C=O) groups excluding carboxylic acids is 2. The Kier molecular flexibility index (Phi) is 5.78. The first kappa shape index (κ1) is 17.8. The average molecular weight is 354 g/mol. The van der Waals surface area contributed by atoms with Crippen molar-refractivity contribution >= 4 is 23.4 Å². The summed E-state index contributed by atoms with van der Waals surface area (Å²) in [5, 5.41) is 3.12. The van der Waals surface area contributed by atoms with Gasteiger partial charge in [-0.05, 0) is 37.1 Å². The van der Waals surface area contributed by atoms with Crippen LogP contribution in [0.3, 0.4) is 0 Å². The van der Waals surface area contributed by atoms with Gasteiger partial charge >= 0.3 is 5.97 Å². The van der Waals surface area contributed by atoms with E-state index in [9.17, 15) is 9.59 Å². The summed E-state index contributed by atoms with van der Waals surface area (Å²) in [5.74, 6) is 0.0892. The third kappa shape index (κ3) is 4.36. The van der Waals surface area contributed by atoms with Crippen LogP contribution in [0.4, 0.5) is 11.5 Å². The quantitative estimate of drug-likeness (QED) is 0.850. The first-order valence-corrected chi connectivity index (χ1v) is 8.74. The van der Waals surface area contributed by atoms with Crippen LogP contribution in [0.1, 0.15) is 46.5 Å². The number of esters is 1. The number of hydrogen-bond donors (Lipinski definition) is 1. The number of aromatic nitrogens is 2. The van der Waals surface area contributed by atoms with E-state index in [4.69, 9.17) is 0 Å². The van der Waals surface area contributed by atoms with Crippen LogP contribution in [-0.4, -0.2) is 46.9 Å². The highest BCUT2D eigenvalue weighted by molar-refractivity contribution is 5.93. The van der Waals surface area contributed by atoms with Gasteiger partial charge in [0.05, 0.1) is 12.7 Å². The predicted molar refractivity (Wildman–Crippen MR) is 97.5 cm³/mol. The van der Waals surface area contributed by atoms with Crippen LogP contribution < -0.4 is 5.32 Å². The van der Waals surface area contributed by atoms with Crippen LogP contribution in [0, 0.1) is 0 Å². The normalized spacial score (nSPS) is 14.4. The molecule has 1 fully saturated rings. The molecule has 1 saturated heterocycles. The maximum atomic E-state index is 12.7. The minimum absolute atomic E-state index is 0.0570. The standard InChI is InChI=1S/C19H22N4O3/c1-26-19(25)14-6-8-15(9-7-14)22-17-12-16(20-13-21-17)18(24)23-10-4-2-3-5-11-23/h6-9,12-13H,2-5,10-11H2,1H3,(H,20,21,22). The molecule has 3 rings (SSSR count). The summed E-state index contributed by atoms with van der Waals surface area (Å²) >= 11 is 0. The van der Waals surface area contributed by atoms with E-state index < -0.39 is 0 Å². The Morgan fingerprint density at radius 1 is 1.04 bits per heavy atom. The van der Waals surface area contributed by atoms with Gasteiger partial charge in [0.25, 0.3) is 5.91 Å². The fourth-order valence-electron chi connectivity index (χ4n) is 2.93. The van der Waals surface area contributed by atoms with Crippen LogP contribution in [0.25, 0.3) is 0 Å². The van der Waals surface area contributed by atoms with E-state index in [1.54, 1.807) is 30.3 Å². The van der Waals surface area contributed by atoms with Crippen LogP contribution in [0.15, 0.2) is 36.7 Å². The van der Waals surface area contributed by atoms with Gasteiger partial charge in [-0.25, -0.2) is 14.8 Å². The third-order valence-corrected chi connectivity index (χ3v) is 4.36. The number of methoxy groups -OCH3 is 1. The molecule has 0 saturated carbocycles. The topological polar surface area (TPSA) is 84.4 Å². The summed E-state index contributed by atoms with van der Waals surface area (Å²) in [6.07, 6.45) is 5.79. The van der Waals surface area contributed by atoms with Gasteiger partial charge in [0.2, 0.25) is 0 Å². The van der Waals surface area contributed by atoms with Crippen molar-refractivity contribution in [2.24, 2.45) is 0 Å². The molecule has 0 atom stereocenters. The molecule has 7 nitrogen and oxygen atoms in total. The zero-order chi connectivity index (χ0) is 18.4. The summed E-state index contributed by atoms with van der Waals surface area (Å²) in [5.41, 5.74) is 1.61. The molecule has 1 aromatic carbocycles. The van der Waals surface area contributed by atoms with Gasteiger partial charge in [-0.3, -0.25) is 4.79 Å². The number of benzene rings is 1. The average Bonchev–Trinajstić information content (AvgIpc) is 2.97. The van der Waals surface area contributed by atoms with Crippen LogP contribution in [0.2, 0.25) is 0 Å². The van der Waals surface area contributed by atoms with E-state index in [1.807, 2.05) is 4.90 Å². The largest absolute Gasteiger partial charge is 0.465 e. The minimum Gasteiger partial charge on any atom is -0.465 e. The maximum Gasteiger partial charge on any atom is 0.337 e. The number of anilines is 2. The minimum atomic E-state index is -0.385. The van der Waals surface area contributed by atoms with E-state index >= 15 is 0 Å². The number of rotatable bonds is 4. The van der Waals surface area contributed by atoms with Crippen molar-refractivity contribution in [3.63, 3.8) is 0 Å². The Bertz CT molecular complexity index is 769. The van der Waals surface area contributed by atoms with E-state index in [0.717, 1.165) is 31.6 Å². The Labute approximate surface area is 152 Å². The highest BCUT2D eigenvalue weighted by Crippen LogP contribution is 2.18. The second-order valence-electron chi connectivity index (χ2n) is 6.19. The lowest BCUT2D eigenvalue weighted by molar-refractivity contribution is 0.0600. The second-order valence-corrected chi connectivity index (χ2v) is 6.19. The summed E-state index contributed by atoms with van der Waals surface area (Å²) < 4.78 is 4.68. The molecule has 1 aliphatic heterocycles. The first-order chi connectivity index (χ1) is 12.7. The summed E-state index contributed by atoms with van der Waals surface area (Å²) in [7, 11) is 1.35. The van der Waals surface area contributed by atoms with Gasteiger partial charge in [0.15, 0.2) is 0 Å². The molecule has 7 heteroatoms. The van der Waals surface area contributed by atoms with E-state index in [-0.39, 0.29) is 11.9 Å². The lowest BCUT2D eigenvalue weighted by Gasteiger charge is -2.19. The first-order valence-electron chi connectivity index (χ1n) is 8.74. The smallest absolute Gasteiger partial charge is 0.337 e. The fourth-order valence-corrected chi connectivity index (χ4v) is 2.93. The SMILES string of the molecule is COC(=O)c1ccc(Nc2cc(C(=O)N3CCCCCC3)ncn2)cc1. The van der Waals surface area contributed by atoms with Gasteiger partial charge in [-0.1, -0.05) is 12.8 Å². The summed E-state index contributed by atoms with van der Waals surface area (Å²) in [4.78, 5) is 34.3. The van der Waals surface area contributed by atoms with Gasteiger partial charge < -0.3 is 15.0 Å². The van der Waals surface area contributed by atoms with Crippen molar-refractivity contribution in [2.75, 3.05) is 25.5 Å².